The molecule has 0 aliphatic carbocycles. The minimum absolute atomic E-state index is 0.0718. The minimum Gasteiger partial charge on any atom is -0.400 e. The maximum atomic E-state index is 12.1. The molecule has 122 valence electrons. The maximum absolute atomic E-state index is 12.1. The fraction of sp³-hybridized carbons (Fsp3) is 0.167. The zero-order chi connectivity index (χ0) is 17.1. The molecule has 3 aromatic rings. The summed E-state index contributed by atoms with van der Waals surface area (Å²) in [7, 11) is 1.00. The van der Waals surface area contributed by atoms with Gasteiger partial charge in [0.1, 0.15) is 12.1 Å². The number of nitrogens with zero attached hydrogens (tertiary/aromatic N) is 2. The van der Waals surface area contributed by atoms with Crippen molar-refractivity contribution in [3.63, 3.8) is 0 Å². The van der Waals surface area contributed by atoms with Crippen molar-refractivity contribution in [2.24, 2.45) is 0 Å². The second kappa shape index (κ2) is 6.64. The Labute approximate surface area is 138 Å². The lowest BCUT2D eigenvalue weighted by atomic mass is 10.1. The molecule has 1 aliphatic heterocycles. The van der Waals surface area contributed by atoms with Crippen LogP contribution in [0.5, 0.6) is 0 Å². The van der Waals surface area contributed by atoms with Crippen molar-refractivity contribution in [1.82, 2.24) is 14.9 Å². The number of carbonyl (C=O) groups excluding carboxylic acids is 2. The molecule has 0 saturated heterocycles. The van der Waals surface area contributed by atoms with E-state index < -0.39 is 0 Å². The van der Waals surface area contributed by atoms with E-state index in [1.807, 2.05) is 41.0 Å². The third-order valence-corrected chi connectivity index (χ3v) is 3.91. The molecule has 6 nitrogen and oxygen atoms in total. The van der Waals surface area contributed by atoms with E-state index in [1.54, 1.807) is 6.07 Å². The highest BCUT2D eigenvalue weighted by molar-refractivity contribution is 6.06. The number of aliphatic hydroxyl groups is 1. The smallest absolute Gasteiger partial charge is 0.253 e. The van der Waals surface area contributed by atoms with Gasteiger partial charge in [0, 0.05) is 31.3 Å². The zero-order valence-electron chi connectivity index (χ0n) is 13.2. The van der Waals surface area contributed by atoms with Crippen LogP contribution in [0.3, 0.4) is 0 Å². The summed E-state index contributed by atoms with van der Waals surface area (Å²) in [5.41, 5.74) is 3.77. The highest BCUT2D eigenvalue weighted by atomic mass is 16.2. The van der Waals surface area contributed by atoms with Crippen LogP contribution in [0.2, 0.25) is 0 Å². The second-order valence-corrected chi connectivity index (χ2v) is 5.26. The fourth-order valence-corrected chi connectivity index (χ4v) is 2.93. The number of nitrogens with one attached hydrogen (secondary N) is 1. The van der Waals surface area contributed by atoms with E-state index in [1.165, 1.54) is 0 Å². The van der Waals surface area contributed by atoms with Gasteiger partial charge in [-0.25, -0.2) is 4.98 Å². The summed E-state index contributed by atoms with van der Waals surface area (Å²) in [5, 5.41) is 9.90. The number of amides is 1. The highest BCUT2D eigenvalue weighted by Crippen LogP contribution is 2.28. The number of para-hydroxylation sites is 1. The van der Waals surface area contributed by atoms with E-state index in [2.05, 4.69) is 10.3 Å². The number of benzene rings is 2. The van der Waals surface area contributed by atoms with Crippen LogP contribution in [-0.2, 0) is 6.54 Å². The fourth-order valence-electron chi connectivity index (χ4n) is 2.93. The zero-order valence-corrected chi connectivity index (χ0v) is 13.2. The number of carbonyl (C=O) groups is 2. The monoisotopic (exact) mass is 323 g/mol. The lowest BCUT2D eigenvalue weighted by molar-refractivity contribution is 0.0956. The molecule has 24 heavy (non-hydrogen) atoms. The first-order valence-electron chi connectivity index (χ1n) is 7.56. The van der Waals surface area contributed by atoms with Crippen molar-refractivity contribution in [3.05, 3.63) is 53.6 Å². The van der Waals surface area contributed by atoms with E-state index in [9.17, 15) is 9.59 Å². The SMILES string of the molecule is CO.O=Cc1cccc(-c2nc3cccc4c3n2CCNC4=O)c1. The molecule has 4 rings (SSSR count). The van der Waals surface area contributed by atoms with Crippen molar-refractivity contribution in [2.45, 2.75) is 6.54 Å². The van der Waals surface area contributed by atoms with Crippen LogP contribution in [0.4, 0.5) is 0 Å². The Morgan fingerprint density at radius 1 is 1.21 bits per heavy atom. The van der Waals surface area contributed by atoms with Gasteiger partial charge >= 0.3 is 0 Å². The number of aldehydes is 1. The third kappa shape index (κ3) is 2.57. The second-order valence-electron chi connectivity index (χ2n) is 5.26. The molecule has 2 N–H and O–H groups in total. The molecule has 6 heteroatoms. The van der Waals surface area contributed by atoms with E-state index >= 15 is 0 Å². The Bertz CT molecular complexity index is 915. The number of imidazole rings is 1. The summed E-state index contributed by atoms with van der Waals surface area (Å²) in [4.78, 5) is 27.8. The van der Waals surface area contributed by atoms with Crippen LogP contribution < -0.4 is 5.32 Å². The lowest BCUT2D eigenvalue weighted by Gasteiger charge is -2.07. The molecule has 2 heterocycles. The largest absolute Gasteiger partial charge is 0.400 e. The number of hydrogen-bond donors (Lipinski definition) is 2. The average molecular weight is 323 g/mol. The Balaban J connectivity index is 0.000000815. The van der Waals surface area contributed by atoms with Crippen molar-refractivity contribution >= 4 is 23.2 Å². The van der Waals surface area contributed by atoms with Gasteiger partial charge in [-0.15, -0.1) is 0 Å². The molecule has 0 atom stereocenters. The van der Waals surface area contributed by atoms with Crippen molar-refractivity contribution in [1.29, 1.82) is 0 Å². The summed E-state index contributed by atoms with van der Waals surface area (Å²) < 4.78 is 2.05. The molecule has 2 aromatic carbocycles. The van der Waals surface area contributed by atoms with Crippen molar-refractivity contribution in [2.75, 3.05) is 13.7 Å². The van der Waals surface area contributed by atoms with Gasteiger partial charge in [0.2, 0.25) is 0 Å². The molecule has 1 aliphatic rings. The molecular formula is C18H17N3O3. The van der Waals surface area contributed by atoms with Crippen molar-refractivity contribution in [3.8, 4) is 11.4 Å². The van der Waals surface area contributed by atoms with E-state index in [-0.39, 0.29) is 5.91 Å². The van der Waals surface area contributed by atoms with Gasteiger partial charge in [0.25, 0.3) is 5.91 Å². The van der Waals surface area contributed by atoms with Crippen LogP contribution in [0, 0.1) is 0 Å². The molecule has 1 amide bonds. The first-order chi connectivity index (χ1) is 11.8. The molecular weight excluding hydrogens is 306 g/mol. The van der Waals surface area contributed by atoms with Gasteiger partial charge in [-0.2, -0.15) is 0 Å². The molecule has 0 bridgehead atoms. The summed E-state index contributed by atoms with van der Waals surface area (Å²) in [5.74, 6) is 0.708. The first-order valence-corrected chi connectivity index (χ1v) is 7.56. The summed E-state index contributed by atoms with van der Waals surface area (Å²) >= 11 is 0. The van der Waals surface area contributed by atoms with Crippen molar-refractivity contribution < 1.29 is 14.7 Å². The Morgan fingerprint density at radius 3 is 2.79 bits per heavy atom. The summed E-state index contributed by atoms with van der Waals surface area (Å²) in [6.45, 7) is 1.21. The van der Waals surface area contributed by atoms with Gasteiger partial charge in [-0.1, -0.05) is 24.3 Å². The first kappa shape index (κ1) is 15.9. The van der Waals surface area contributed by atoms with Gasteiger partial charge in [-0.3, -0.25) is 9.59 Å². The summed E-state index contributed by atoms with van der Waals surface area (Å²) in [6, 6.07) is 12.9. The lowest BCUT2D eigenvalue weighted by Crippen LogP contribution is -2.24. The predicted octanol–water partition coefficient (Wildman–Crippen LogP) is 1.87. The van der Waals surface area contributed by atoms with Crippen LogP contribution in [0.1, 0.15) is 20.7 Å². The highest BCUT2D eigenvalue weighted by Gasteiger charge is 2.21. The Hall–Kier alpha value is -2.99. The minimum atomic E-state index is -0.0718. The van der Waals surface area contributed by atoms with E-state index in [0.717, 1.165) is 35.8 Å². The van der Waals surface area contributed by atoms with Gasteiger partial charge in [0.05, 0.1) is 16.6 Å². The van der Waals surface area contributed by atoms with Crippen LogP contribution in [-0.4, -0.2) is 40.5 Å². The number of aliphatic hydroxyl groups excluding tert-OH is 1. The molecule has 0 spiro atoms. The number of rotatable bonds is 2. The van der Waals surface area contributed by atoms with Crippen LogP contribution in [0.25, 0.3) is 22.4 Å². The van der Waals surface area contributed by atoms with E-state index in [0.29, 0.717) is 24.2 Å². The molecule has 0 unspecified atom stereocenters. The van der Waals surface area contributed by atoms with Crippen LogP contribution in [0.15, 0.2) is 42.5 Å². The molecule has 0 fully saturated rings. The third-order valence-electron chi connectivity index (χ3n) is 3.91. The molecule has 0 saturated carbocycles. The number of aromatic nitrogens is 2. The van der Waals surface area contributed by atoms with Gasteiger partial charge in [0.15, 0.2) is 0 Å². The Morgan fingerprint density at radius 2 is 2.00 bits per heavy atom. The van der Waals surface area contributed by atoms with Gasteiger partial charge < -0.3 is 15.0 Å². The topological polar surface area (TPSA) is 84.2 Å². The Kier molecular flexibility index (Phi) is 4.39. The average Bonchev–Trinajstić information content (AvgIpc) is 2.93. The normalized spacial score (nSPS) is 12.8. The van der Waals surface area contributed by atoms with Crippen LogP contribution >= 0.6 is 0 Å². The standard InChI is InChI=1S/C17H13N3O2.CH4O/c21-10-11-3-1-4-12(9-11)16-19-14-6-2-5-13-15(14)20(16)8-7-18-17(13)22;1-2/h1-6,9-10H,7-8H2,(H,18,22);2H,1H3. The summed E-state index contributed by atoms with van der Waals surface area (Å²) in [6.07, 6.45) is 0.824. The van der Waals surface area contributed by atoms with E-state index in [4.69, 9.17) is 5.11 Å². The quantitative estimate of drug-likeness (QED) is 0.705. The predicted molar refractivity (Wildman–Crippen MR) is 91.0 cm³/mol. The maximum Gasteiger partial charge on any atom is 0.253 e. The molecule has 1 aromatic heterocycles. The van der Waals surface area contributed by atoms with Gasteiger partial charge in [-0.05, 0) is 18.2 Å². The molecule has 0 radical (unpaired) electrons. The number of hydrogen-bond acceptors (Lipinski definition) is 4.